The molecule has 2 rings (SSSR count). The van der Waals surface area contributed by atoms with E-state index in [0.717, 1.165) is 11.1 Å². The third-order valence-corrected chi connectivity index (χ3v) is 3.65. The van der Waals surface area contributed by atoms with Crippen LogP contribution in [0.15, 0.2) is 36.4 Å². The molecule has 0 bridgehead atoms. The zero-order valence-electron chi connectivity index (χ0n) is 10.9. The quantitative estimate of drug-likeness (QED) is 0.909. The molecule has 0 spiro atoms. The summed E-state index contributed by atoms with van der Waals surface area (Å²) in [5.41, 5.74) is 7.82. The molecule has 20 heavy (non-hydrogen) atoms. The van der Waals surface area contributed by atoms with Gasteiger partial charge in [0.15, 0.2) is 11.6 Å². The van der Waals surface area contributed by atoms with Crippen molar-refractivity contribution in [2.75, 3.05) is 7.11 Å². The number of ether oxygens (including phenoxy) is 1. The highest BCUT2D eigenvalue weighted by molar-refractivity contribution is 6.35. The van der Waals surface area contributed by atoms with Gasteiger partial charge in [0, 0.05) is 16.1 Å². The van der Waals surface area contributed by atoms with Gasteiger partial charge in [-0.25, -0.2) is 4.39 Å². The summed E-state index contributed by atoms with van der Waals surface area (Å²) < 4.78 is 18.3. The van der Waals surface area contributed by atoms with E-state index in [-0.39, 0.29) is 11.8 Å². The smallest absolute Gasteiger partial charge is 0.165 e. The van der Waals surface area contributed by atoms with Gasteiger partial charge in [-0.15, -0.1) is 0 Å². The van der Waals surface area contributed by atoms with Crippen LogP contribution < -0.4 is 10.5 Å². The SMILES string of the molecule is COc1cc(C(N)Cc2ccc(Cl)cc2Cl)ccc1F. The second-order valence-electron chi connectivity index (χ2n) is 4.44. The predicted octanol–water partition coefficient (Wildman–Crippen LogP) is 4.38. The first kappa shape index (κ1) is 15.1. The molecule has 2 nitrogen and oxygen atoms in total. The highest BCUT2D eigenvalue weighted by atomic mass is 35.5. The minimum Gasteiger partial charge on any atom is -0.494 e. The Kier molecular flexibility index (Phi) is 4.86. The van der Waals surface area contributed by atoms with Gasteiger partial charge in [-0.2, -0.15) is 0 Å². The van der Waals surface area contributed by atoms with E-state index in [4.69, 9.17) is 33.7 Å². The van der Waals surface area contributed by atoms with Gasteiger partial charge >= 0.3 is 0 Å². The van der Waals surface area contributed by atoms with E-state index in [1.807, 2.05) is 6.07 Å². The lowest BCUT2D eigenvalue weighted by atomic mass is 9.99. The summed E-state index contributed by atoms with van der Waals surface area (Å²) in [6, 6.07) is 9.57. The number of halogens is 3. The lowest BCUT2D eigenvalue weighted by Gasteiger charge is -2.14. The summed E-state index contributed by atoms with van der Waals surface area (Å²) in [6.45, 7) is 0. The Balaban J connectivity index is 2.21. The molecule has 0 aliphatic rings. The van der Waals surface area contributed by atoms with Crippen LogP contribution in [0.3, 0.4) is 0 Å². The molecular formula is C15H14Cl2FNO. The molecule has 5 heteroatoms. The highest BCUT2D eigenvalue weighted by Crippen LogP contribution is 2.27. The zero-order chi connectivity index (χ0) is 14.7. The summed E-state index contributed by atoms with van der Waals surface area (Å²) in [5.74, 6) is -0.229. The molecule has 0 aromatic heterocycles. The van der Waals surface area contributed by atoms with Crippen molar-refractivity contribution in [3.05, 3.63) is 63.4 Å². The van der Waals surface area contributed by atoms with Gasteiger partial charge in [-0.1, -0.05) is 35.3 Å². The number of rotatable bonds is 4. The molecule has 106 valence electrons. The van der Waals surface area contributed by atoms with Gasteiger partial charge in [0.2, 0.25) is 0 Å². The highest BCUT2D eigenvalue weighted by Gasteiger charge is 2.12. The maximum atomic E-state index is 13.4. The number of hydrogen-bond acceptors (Lipinski definition) is 2. The molecule has 2 aromatic carbocycles. The topological polar surface area (TPSA) is 35.2 Å². The Bertz CT molecular complexity index is 619. The Morgan fingerprint density at radius 3 is 2.60 bits per heavy atom. The molecule has 0 heterocycles. The molecule has 0 aliphatic carbocycles. The second kappa shape index (κ2) is 6.44. The fourth-order valence-corrected chi connectivity index (χ4v) is 2.43. The van der Waals surface area contributed by atoms with E-state index in [1.165, 1.54) is 13.2 Å². The van der Waals surface area contributed by atoms with E-state index in [9.17, 15) is 4.39 Å². The van der Waals surface area contributed by atoms with Gasteiger partial charge in [0.25, 0.3) is 0 Å². The number of methoxy groups -OCH3 is 1. The van der Waals surface area contributed by atoms with Crippen molar-refractivity contribution < 1.29 is 9.13 Å². The maximum Gasteiger partial charge on any atom is 0.165 e. The molecule has 2 N–H and O–H groups in total. The maximum absolute atomic E-state index is 13.4. The third kappa shape index (κ3) is 3.42. The summed E-state index contributed by atoms with van der Waals surface area (Å²) in [7, 11) is 1.42. The van der Waals surface area contributed by atoms with Crippen LogP contribution in [-0.2, 0) is 6.42 Å². The van der Waals surface area contributed by atoms with Crippen LogP contribution in [0.5, 0.6) is 5.75 Å². The summed E-state index contributed by atoms with van der Waals surface area (Å²) >= 11 is 12.0. The van der Waals surface area contributed by atoms with Gasteiger partial charge in [-0.05, 0) is 41.8 Å². The minimum atomic E-state index is -0.409. The molecule has 0 amide bonds. The van der Waals surface area contributed by atoms with Crippen LogP contribution in [0.2, 0.25) is 10.0 Å². The normalized spacial score (nSPS) is 12.2. The predicted molar refractivity (Wildman–Crippen MR) is 80.0 cm³/mol. The van der Waals surface area contributed by atoms with Crippen molar-refractivity contribution >= 4 is 23.2 Å². The first-order valence-corrected chi connectivity index (χ1v) is 6.80. The number of hydrogen-bond donors (Lipinski definition) is 1. The zero-order valence-corrected chi connectivity index (χ0v) is 12.4. The van der Waals surface area contributed by atoms with E-state index in [1.54, 1.807) is 24.3 Å². The second-order valence-corrected chi connectivity index (χ2v) is 5.28. The lowest BCUT2D eigenvalue weighted by Crippen LogP contribution is -2.14. The fourth-order valence-electron chi connectivity index (χ4n) is 1.95. The number of nitrogens with two attached hydrogens (primary N) is 1. The standard InChI is InChI=1S/C15H14Cl2FNO/c1-20-15-7-10(3-5-13(15)18)14(19)6-9-2-4-11(16)8-12(9)17/h2-5,7-8,14H,6,19H2,1H3. The van der Waals surface area contributed by atoms with Gasteiger partial charge < -0.3 is 10.5 Å². The van der Waals surface area contributed by atoms with E-state index in [0.29, 0.717) is 16.5 Å². The van der Waals surface area contributed by atoms with Crippen LogP contribution in [0.25, 0.3) is 0 Å². The van der Waals surface area contributed by atoms with Crippen LogP contribution in [0.1, 0.15) is 17.2 Å². The van der Waals surface area contributed by atoms with E-state index < -0.39 is 5.82 Å². The van der Waals surface area contributed by atoms with Crippen molar-refractivity contribution in [2.45, 2.75) is 12.5 Å². The lowest BCUT2D eigenvalue weighted by molar-refractivity contribution is 0.385. The monoisotopic (exact) mass is 313 g/mol. The van der Waals surface area contributed by atoms with Crippen LogP contribution in [0, 0.1) is 5.82 Å². The average molecular weight is 314 g/mol. The Morgan fingerprint density at radius 1 is 1.20 bits per heavy atom. The Hall–Kier alpha value is -1.29. The van der Waals surface area contributed by atoms with Crippen LogP contribution >= 0.6 is 23.2 Å². The minimum absolute atomic E-state index is 0.181. The van der Waals surface area contributed by atoms with E-state index in [2.05, 4.69) is 0 Å². The molecule has 0 saturated heterocycles. The number of benzene rings is 2. The molecule has 1 atom stereocenters. The molecule has 0 radical (unpaired) electrons. The first-order valence-electron chi connectivity index (χ1n) is 6.04. The summed E-state index contributed by atoms with van der Waals surface area (Å²) in [4.78, 5) is 0. The first-order chi connectivity index (χ1) is 9.51. The molecular weight excluding hydrogens is 300 g/mol. The van der Waals surface area contributed by atoms with Crippen LogP contribution in [-0.4, -0.2) is 7.11 Å². The largest absolute Gasteiger partial charge is 0.494 e. The molecule has 2 aromatic rings. The molecule has 1 unspecified atom stereocenters. The van der Waals surface area contributed by atoms with Gasteiger partial charge in [0.05, 0.1) is 7.11 Å². The molecule has 0 fully saturated rings. The van der Waals surface area contributed by atoms with Gasteiger partial charge in [0.1, 0.15) is 0 Å². The van der Waals surface area contributed by atoms with E-state index >= 15 is 0 Å². The van der Waals surface area contributed by atoms with Crippen molar-refractivity contribution in [3.8, 4) is 5.75 Å². The van der Waals surface area contributed by atoms with Crippen LogP contribution in [0.4, 0.5) is 4.39 Å². The fraction of sp³-hybridized carbons (Fsp3) is 0.200. The van der Waals surface area contributed by atoms with Crippen molar-refractivity contribution in [1.82, 2.24) is 0 Å². The van der Waals surface area contributed by atoms with Crippen molar-refractivity contribution in [2.24, 2.45) is 5.73 Å². The average Bonchev–Trinajstić information content (AvgIpc) is 2.42. The molecule has 0 aliphatic heterocycles. The summed E-state index contributed by atoms with van der Waals surface area (Å²) in [6.07, 6.45) is 0.533. The van der Waals surface area contributed by atoms with Gasteiger partial charge in [-0.3, -0.25) is 0 Å². The molecule has 0 saturated carbocycles. The Morgan fingerprint density at radius 2 is 1.95 bits per heavy atom. The van der Waals surface area contributed by atoms with Crippen molar-refractivity contribution in [3.63, 3.8) is 0 Å². The summed E-state index contributed by atoms with van der Waals surface area (Å²) in [5, 5.41) is 1.15. The van der Waals surface area contributed by atoms with Crippen molar-refractivity contribution in [1.29, 1.82) is 0 Å². The Labute approximate surface area is 127 Å². The third-order valence-electron chi connectivity index (χ3n) is 3.06.